The molecule has 19 heavy (non-hydrogen) atoms. The maximum Gasteiger partial charge on any atom is 0.251 e. The minimum atomic E-state index is -0.0759. The van der Waals surface area contributed by atoms with Crippen LogP contribution in [0.25, 0.3) is 0 Å². The van der Waals surface area contributed by atoms with Crippen molar-refractivity contribution in [2.75, 3.05) is 5.73 Å². The van der Waals surface area contributed by atoms with E-state index in [0.717, 1.165) is 6.42 Å². The summed E-state index contributed by atoms with van der Waals surface area (Å²) in [5.41, 5.74) is 6.89. The lowest BCUT2D eigenvalue weighted by atomic mass is 10.1. The summed E-state index contributed by atoms with van der Waals surface area (Å²) >= 11 is 1.77. The average Bonchev–Trinajstić information content (AvgIpc) is 2.74. The number of rotatable bonds is 4. The molecule has 0 saturated carbocycles. The fraction of sp³-hybridized carbons (Fsp3) is 0.267. The first kappa shape index (κ1) is 13.6. The van der Waals surface area contributed by atoms with Crippen molar-refractivity contribution < 1.29 is 4.79 Å². The summed E-state index contributed by atoms with van der Waals surface area (Å²) in [5, 5.41) is 2.99. The smallest absolute Gasteiger partial charge is 0.251 e. The molecule has 0 aliphatic carbocycles. The number of hydrogen-bond donors (Lipinski definition) is 2. The third-order valence-corrected chi connectivity index (χ3v) is 3.85. The van der Waals surface area contributed by atoms with Crippen LogP contribution < -0.4 is 11.1 Å². The number of benzene rings is 1. The molecule has 3 N–H and O–H groups in total. The van der Waals surface area contributed by atoms with Gasteiger partial charge in [0.25, 0.3) is 5.91 Å². The highest BCUT2D eigenvalue weighted by Crippen LogP contribution is 2.17. The predicted octanol–water partition coefficient (Wildman–Crippen LogP) is 3.00. The number of hydrogen-bond acceptors (Lipinski definition) is 3. The highest BCUT2D eigenvalue weighted by Gasteiger charge is 2.11. The van der Waals surface area contributed by atoms with E-state index in [1.54, 1.807) is 35.6 Å². The Labute approximate surface area is 117 Å². The minimum absolute atomic E-state index is 0.0759. The molecule has 0 aliphatic heterocycles. The molecule has 0 radical (unpaired) electrons. The second-order valence-electron chi connectivity index (χ2n) is 4.72. The summed E-state index contributed by atoms with van der Waals surface area (Å²) in [7, 11) is 0. The number of aryl methyl sites for hydroxylation is 1. The number of nitrogens with two attached hydrogens (primary N) is 1. The molecule has 100 valence electrons. The zero-order chi connectivity index (χ0) is 13.8. The van der Waals surface area contributed by atoms with Crippen molar-refractivity contribution in [3.8, 4) is 0 Å². The molecule has 1 heterocycles. The lowest BCUT2D eigenvalue weighted by Crippen LogP contribution is -2.33. The first-order chi connectivity index (χ1) is 9.04. The lowest BCUT2D eigenvalue weighted by Gasteiger charge is -2.13. The largest absolute Gasteiger partial charge is 0.399 e. The Morgan fingerprint density at radius 2 is 2.16 bits per heavy atom. The van der Waals surface area contributed by atoms with Gasteiger partial charge in [-0.05, 0) is 44.2 Å². The van der Waals surface area contributed by atoms with Crippen molar-refractivity contribution in [2.45, 2.75) is 26.3 Å². The van der Waals surface area contributed by atoms with Crippen LogP contribution in [0.5, 0.6) is 0 Å². The van der Waals surface area contributed by atoms with Gasteiger partial charge in [0.15, 0.2) is 0 Å². The summed E-state index contributed by atoms with van der Waals surface area (Å²) in [5.74, 6) is -0.0759. The molecular formula is C15H18N2OS. The van der Waals surface area contributed by atoms with Crippen LogP contribution in [-0.2, 0) is 6.42 Å². The number of anilines is 1. The van der Waals surface area contributed by atoms with Gasteiger partial charge in [-0.25, -0.2) is 0 Å². The van der Waals surface area contributed by atoms with Crippen molar-refractivity contribution in [1.82, 2.24) is 5.32 Å². The number of thiophene rings is 1. The van der Waals surface area contributed by atoms with Gasteiger partial charge in [-0.2, -0.15) is 0 Å². The van der Waals surface area contributed by atoms with Crippen molar-refractivity contribution in [1.29, 1.82) is 0 Å². The monoisotopic (exact) mass is 274 g/mol. The fourth-order valence-electron chi connectivity index (χ4n) is 1.93. The van der Waals surface area contributed by atoms with Gasteiger partial charge in [0.05, 0.1) is 0 Å². The lowest BCUT2D eigenvalue weighted by molar-refractivity contribution is 0.0940. The molecule has 2 rings (SSSR count). The molecule has 1 amide bonds. The van der Waals surface area contributed by atoms with E-state index in [9.17, 15) is 4.79 Å². The van der Waals surface area contributed by atoms with Gasteiger partial charge in [-0.1, -0.05) is 6.07 Å². The van der Waals surface area contributed by atoms with E-state index in [-0.39, 0.29) is 11.9 Å². The van der Waals surface area contributed by atoms with Crippen LogP contribution in [0, 0.1) is 6.92 Å². The SMILES string of the molecule is Cc1ccc(CC(C)NC(=O)c2cccc(N)c2)s1. The summed E-state index contributed by atoms with van der Waals surface area (Å²) in [6.07, 6.45) is 0.854. The van der Waals surface area contributed by atoms with Crippen LogP contribution in [-0.4, -0.2) is 11.9 Å². The highest BCUT2D eigenvalue weighted by molar-refractivity contribution is 7.11. The molecule has 2 aromatic rings. The summed E-state index contributed by atoms with van der Waals surface area (Å²) < 4.78 is 0. The number of amides is 1. The molecule has 3 nitrogen and oxygen atoms in total. The Hall–Kier alpha value is -1.81. The molecule has 0 saturated heterocycles. The van der Waals surface area contributed by atoms with E-state index in [1.807, 2.05) is 6.92 Å². The van der Waals surface area contributed by atoms with Gasteiger partial charge in [0.2, 0.25) is 0 Å². The van der Waals surface area contributed by atoms with Crippen LogP contribution in [0.15, 0.2) is 36.4 Å². The van der Waals surface area contributed by atoms with Crippen LogP contribution >= 0.6 is 11.3 Å². The zero-order valence-electron chi connectivity index (χ0n) is 11.1. The summed E-state index contributed by atoms with van der Waals surface area (Å²) in [6, 6.07) is 11.3. The van der Waals surface area contributed by atoms with Gasteiger partial charge in [-0.3, -0.25) is 4.79 Å². The molecule has 1 aromatic carbocycles. The van der Waals surface area contributed by atoms with Gasteiger partial charge in [-0.15, -0.1) is 11.3 Å². The maximum absolute atomic E-state index is 12.0. The van der Waals surface area contributed by atoms with Crippen molar-refractivity contribution in [3.63, 3.8) is 0 Å². The normalized spacial score (nSPS) is 12.1. The minimum Gasteiger partial charge on any atom is -0.399 e. The average molecular weight is 274 g/mol. The van der Waals surface area contributed by atoms with E-state index in [1.165, 1.54) is 9.75 Å². The molecule has 0 aliphatic rings. The van der Waals surface area contributed by atoms with E-state index in [2.05, 4.69) is 24.4 Å². The van der Waals surface area contributed by atoms with Crippen molar-refractivity contribution in [3.05, 3.63) is 51.7 Å². The summed E-state index contributed by atoms with van der Waals surface area (Å²) in [6.45, 7) is 4.10. The first-order valence-corrected chi connectivity index (χ1v) is 7.08. The fourth-order valence-corrected chi connectivity index (χ4v) is 2.95. The third-order valence-electron chi connectivity index (χ3n) is 2.83. The molecule has 1 aromatic heterocycles. The van der Waals surface area contributed by atoms with Crippen LogP contribution in [0.1, 0.15) is 27.0 Å². The maximum atomic E-state index is 12.0. The van der Waals surface area contributed by atoms with E-state index < -0.39 is 0 Å². The summed E-state index contributed by atoms with van der Waals surface area (Å²) in [4.78, 5) is 14.6. The van der Waals surface area contributed by atoms with Gasteiger partial charge < -0.3 is 11.1 Å². The van der Waals surface area contributed by atoms with Crippen molar-refractivity contribution >= 4 is 22.9 Å². The highest BCUT2D eigenvalue weighted by atomic mass is 32.1. The molecular weight excluding hydrogens is 256 g/mol. The number of nitrogens with one attached hydrogen (secondary N) is 1. The quantitative estimate of drug-likeness (QED) is 0.842. The Kier molecular flexibility index (Phi) is 4.22. The zero-order valence-corrected chi connectivity index (χ0v) is 12.0. The first-order valence-electron chi connectivity index (χ1n) is 6.26. The molecule has 1 unspecified atom stereocenters. The van der Waals surface area contributed by atoms with Gasteiger partial charge >= 0.3 is 0 Å². The Bertz CT molecular complexity index is 577. The van der Waals surface area contributed by atoms with Crippen LogP contribution in [0.3, 0.4) is 0 Å². The molecule has 0 spiro atoms. The molecule has 0 bridgehead atoms. The molecule has 0 fully saturated rings. The van der Waals surface area contributed by atoms with Crippen LogP contribution in [0.2, 0.25) is 0 Å². The number of carbonyl (C=O) groups excluding carboxylic acids is 1. The van der Waals surface area contributed by atoms with Gasteiger partial charge in [0, 0.05) is 33.5 Å². The third kappa shape index (κ3) is 3.83. The Morgan fingerprint density at radius 1 is 1.37 bits per heavy atom. The second-order valence-corrected chi connectivity index (χ2v) is 6.09. The second kappa shape index (κ2) is 5.89. The predicted molar refractivity (Wildman–Crippen MR) is 80.5 cm³/mol. The number of nitrogen functional groups attached to an aromatic ring is 1. The van der Waals surface area contributed by atoms with Gasteiger partial charge in [0.1, 0.15) is 0 Å². The standard InChI is InChI=1S/C15H18N2OS/c1-10(8-14-7-6-11(2)19-14)17-15(18)12-4-3-5-13(16)9-12/h3-7,9-10H,8,16H2,1-2H3,(H,17,18). The van der Waals surface area contributed by atoms with E-state index in [4.69, 9.17) is 5.73 Å². The topological polar surface area (TPSA) is 55.1 Å². The molecule has 4 heteroatoms. The molecule has 1 atom stereocenters. The Morgan fingerprint density at radius 3 is 2.79 bits per heavy atom. The van der Waals surface area contributed by atoms with E-state index in [0.29, 0.717) is 11.3 Å². The number of carbonyl (C=O) groups is 1. The van der Waals surface area contributed by atoms with Crippen molar-refractivity contribution in [2.24, 2.45) is 0 Å². The van der Waals surface area contributed by atoms with E-state index >= 15 is 0 Å². The van der Waals surface area contributed by atoms with Crippen LogP contribution in [0.4, 0.5) is 5.69 Å². The Balaban J connectivity index is 1.95.